The van der Waals surface area contributed by atoms with Gasteiger partial charge in [0.25, 0.3) is 0 Å². The number of fused-ring (bicyclic) bond motifs is 1. The van der Waals surface area contributed by atoms with Gasteiger partial charge in [-0.15, -0.1) is 12.4 Å². The molecular formula is C9H10ClNO. The average Bonchev–Trinajstić information content (AvgIpc) is 2.06. The molecule has 0 bridgehead atoms. The van der Waals surface area contributed by atoms with Gasteiger partial charge in [0.15, 0.2) is 5.78 Å². The summed E-state index contributed by atoms with van der Waals surface area (Å²) in [7, 11) is 0. The van der Waals surface area contributed by atoms with Crippen molar-refractivity contribution in [2.24, 2.45) is 0 Å². The first kappa shape index (κ1) is 9.23. The topological polar surface area (TPSA) is 29.1 Å². The first-order valence-electron chi connectivity index (χ1n) is 3.70. The Labute approximate surface area is 77.4 Å². The Morgan fingerprint density at radius 3 is 2.67 bits per heavy atom. The van der Waals surface area contributed by atoms with E-state index in [2.05, 4.69) is 5.32 Å². The number of hydrogen-bond acceptors (Lipinski definition) is 2. The molecule has 0 saturated carbocycles. The summed E-state index contributed by atoms with van der Waals surface area (Å²) in [6.45, 7) is 1.30. The third kappa shape index (κ3) is 1.49. The molecule has 0 aliphatic carbocycles. The van der Waals surface area contributed by atoms with E-state index < -0.39 is 0 Å². The molecule has 0 aromatic heterocycles. The number of Topliss-reactive ketones (excluding diaryl/α,β-unsaturated/α-hetero) is 1. The molecule has 0 saturated heterocycles. The summed E-state index contributed by atoms with van der Waals surface area (Å²) in [6.07, 6.45) is 0. The van der Waals surface area contributed by atoms with Crippen LogP contribution in [0, 0.1) is 0 Å². The van der Waals surface area contributed by atoms with Crippen LogP contribution in [-0.4, -0.2) is 12.3 Å². The molecule has 12 heavy (non-hydrogen) atoms. The fourth-order valence-corrected chi connectivity index (χ4v) is 1.35. The Bertz CT molecular complexity index is 298. The average molecular weight is 184 g/mol. The molecule has 0 atom stereocenters. The summed E-state index contributed by atoms with van der Waals surface area (Å²) in [5.74, 6) is 0.201. The molecule has 1 aliphatic heterocycles. The largest absolute Gasteiger partial charge is 0.306 e. The van der Waals surface area contributed by atoms with E-state index in [4.69, 9.17) is 0 Å². The smallest absolute Gasteiger partial charge is 0.176 e. The minimum atomic E-state index is 0. The number of rotatable bonds is 0. The fraction of sp³-hybridized carbons (Fsp3) is 0.222. The highest BCUT2D eigenvalue weighted by atomic mass is 35.5. The Kier molecular flexibility index (Phi) is 2.84. The zero-order valence-corrected chi connectivity index (χ0v) is 7.36. The van der Waals surface area contributed by atoms with Crippen molar-refractivity contribution in [3.05, 3.63) is 35.4 Å². The third-order valence-corrected chi connectivity index (χ3v) is 1.92. The van der Waals surface area contributed by atoms with Gasteiger partial charge in [-0.1, -0.05) is 24.3 Å². The molecule has 64 valence electrons. The maximum absolute atomic E-state index is 11.2. The van der Waals surface area contributed by atoms with Crippen molar-refractivity contribution in [1.82, 2.24) is 5.32 Å². The van der Waals surface area contributed by atoms with Crippen LogP contribution in [0.2, 0.25) is 0 Å². The number of hydrogen-bond donors (Lipinski definition) is 1. The monoisotopic (exact) mass is 183 g/mol. The second-order valence-electron chi connectivity index (χ2n) is 2.68. The maximum Gasteiger partial charge on any atom is 0.176 e. The number of carbonyl (C=O) groups excluding carboxylic acids is 1. The van der Waals surface area contributed by atoms with Crippen LogP contribution in [0.3, 0.4) is 0 Å². The molecule has 0 unspecified atom stereocenters. The third-order valence-electron chi connectivity index (χ3n) is 1.92. The lowest BCUT2D eigenvalue weighted by molar-refractivity contribution is 0.0982. The first-order chi connectivity index (χ1) is 5.38. The molecule has 1 heterocycles. The fourth-order valence-electron chi connectivity index (χ4n) is 1.35. The molecule has 0 spiro atoms. The number of halogens is 1. The van der Waals surface area contributed by atoms with Crippen molar-refractivity contribution in [3.63, 3.8) is 0 Å². The van der Waals surface area contributed by atoms with Gasteiger partial charge >= 0.3 is 0 Å². The lowest BCUT2D eigenvalue weighted by atomic mass is 10.0. The van der Waals surface area contributed by atoms with Crippen molar-refractivity contribution in [1.29, 1.82) is 0 Å². The van der Waals surface area contributed by atoms with Crippen LogP contribution in [0.25, 0.3) is 0 Å². The van der Waals surface area contributed by atoms with Gasteiger partial charge < -0.3 is 5.32 Å². The minimum absolute atomic E-state index is 0. The van der Waals surface area contributed by atoms with Crippen LogP contribution in [0.4, 0.5) is 0 Å². The molecule has 0 amide bonds. The van der Waals surface area contributed by atoms with Gasteiger partial charge in [0, 0.05) is 12.1 Å². The van der Waals surface area contributed by atoms with E-state index in [9.17, 15) is 4.79 Å². The van der Waals surface area contributed by atoms with Crippen molar-refractivity contribution < 1.29 is 4.79 Å². The van der Waals surface area contributed by atoms with Gasteiger partial charge in [-0.05, 0) is 5.56 Å². The van der Waals surface area contributed by atoms with Crippen LogP contribution in [0.5, 0.6) is 0 Å². The van der Waals surface area contributed by atoms with Gasteiger partial charge in [-0.2, -0.15) is 0 Å². The highest BCUT2D eigenvalue weighted by molar-refractivity contribution is 5.99. The summed E-state index contributed by atoms with van der Waals surface area (Å²) < 4.78 is 0. The van der Waals surface area contributed by atoms with E-state index in [-0.39, 0.29) is 18.2 Å². The standard InChI is InChI=1S/C9H9NO.ClH/c11-9-6-10-5-7-3-1-2-4-8(7)9;/h1-4,10H,5-6H2;1H. The summed E-state index contributed by atoms with van der Waals surface area (Å²) >= 11 is 0. The molecule has 1 aromatic rings. The normalized spacial score (nSPS) is 14.8. The maximum atomic E-state index is 11.2. The molecule has 1 aromatic carbocycles. The molecule has 1 aliphatic rings. The van der Waals surface area contributed by atoms with Gasteiger partial charge in [0.2, 0.25) is 0 Å². The predicted octanol–water partition coefficient (Wildman–Crippen LogP) is 1.39. The lowest BCUT2D eigenvalue weighted by Crippen LogP contribution is -2.29. The Balaban J connectivity index is 0.000000720. The summed E-state index contributed by atoms with van der Waals surface area (Å²) in [6, 6.07) is 7.74. The molecule has 0 radical (unpaired) electrons. The highest BCUT2D eigenvalue weighted by Gasteiger charge is 2.14. The Morgan fingerprint density at radius 1 is 1.17 bits per heavy atom. The lowest BCUT2D eigenvalue weighted by Gasteiger charge is -2.14. The summed E-state index contributed by atoms with van der Waals surface area (Å²) in [5.41, 5.74) is 2.00. The van der Waals surface area contributed by atoms with E-state index in [1.165, 1.54) is 0 Å². The molecule has 3 heteroatoms. The predicted molar refractivity (Wildman–Crippen MR) is 49.7 cm³/mol. The quantitative estimate of drug-likeness (QED) is 0.659. The van der Waals surface area contributed by atoms with E-state index in [1.54, 1.807) is 0 Å². The summed E-state index contributed by atoms with van der Waals surface area (Å²) in [4.78, 5) is 11.2. The zero-order chi connectivity index (χ0) is 7.68. The number of carbonyl (C=O) groups is 1. The van der Waals surface area contributed by atoms with Crippen LogP contribution in [0.1, 0.15) is 15.9 Å². The Morgan fingerprint density at radius 2 is 1.92 bits per heavy atom. The zero-order valence-electron chi connectivity index (χ0n) is 6.54. The highest BCUT2D eigenvalue weighted by Crippen LogP contribution is 2.11. The van der Waals surface area contributed by atoms with Crippen molar-refractivity contribution >= 4 is 18.2 Å². The van der Waals surface area contributed by atoms with E-state index in [1.807, 2.05) is 24.3 Å². The number of ketones is 1. The van der Waals surface area contributed by atoms with Crippen molar-refractivity contribution in [3.8, 4) is 0 Å². The van der Waals surface area contributed by atoms with E-state index >= 15 is 0 Å². The van der Waals surface area contributed by atoms with Gasteiger partial charge in [-0.3, -0.25) is 4.79 Å². The first-order valence-corrected chi connectivity index (χ1v) is 3.70. The number of benzene rings is 1. The number of nitrogens with one attached hydrogen (secondary N) is 1. The van der Waals surface area contributed by atoms with Gasteiger partial charge in [-0.25, -0.2) is 0 Å². The van der Waals surface area contributed by atoms with Gasteiger partial charge in [0.1, 0.15) is 0 Å². The van der Waals surface area contributed by atoms with Crippen LogP contribution >= 0.6 is 12.4 Å². The minimum Gasteiger partial charge on any atom is -0.306 e. The summed E-state index contributed by atoms with van der Waals surface area (Å²) in [5, 5.41) is 3.04. The van der Waals surface area contributed by atoms with Crippen LogP contribution in [-0.2, 0) is 6.54 Å². The molecule has 2 nitrogen and oxygen atoms in total. The molecule has 1 N–H and O–H groups in total. The van der Waals surface area contributed by atoms with Crippen molar-refractivity contribution in [2.75, 3.05) is 6.54 Å². The van der Waals surface area contributed by atoms with Crippen LogP contribution < -0.4 is 5.32 Å². The Hall–Kier alpha value is -0.860. The SMILES string of the molecule is Cl.O=C1CNCc2ccccc21. The van der Waals surface area contributed by atoms with Crippen molar-refractivity contribution in [2.45, 2.75) is 6.54 Å². The molecular weight excluding hydrogens is 174 g/mol. The second kappa shape index (κ2) is 3.70. The van der Waals surface area contributed by atoms with Gasteiger partial charge in [0.05, 0.1) is 6.54 Å². The van der Waals surface area contributed by atoms with Crippen LogP contribution in [0.15, 0.2) is 24.3 Å². The molecule has 2 rings (SSSR count). The van der Waals surface area contributed by atoms with E-state index in [0.717, 1.165) is 17.7 Å². The second-order valence-corrected chi connectivity index (χ2v) is 2.68. The van der Waals surface area contributed by atoms with E-state index in [0.29, 0.717) is 6.54 Å². The molecule has 0 fully saturated rings.